The Balaban J connectivity index is 1.67. The van der Waals surface area contributed by atoms with E-state index < -0.39 is 0 Å². The average molecular weight is 260 g/mol. The summed E-state index contributed by atoms with van der Waals surface area (Å²) in [5.74, 6) is 0.554. The Morgan fingerprint density at radius 2 is 2.32 bits per heavy atom. The zero-order valence-electron chi connectivity index (χ0n) is 11.3. The molecule has 4 heteroatoms. The fourth-order valence-corrected chi connectivity index (χ4v) is 2.96. The van der Waals surface area contributed by atoms with Gasteiger partial charge in [0.1, 0.15) is 0 Å². The fraction of sp³-hybridized carbons (Fsp3) is 0.533. The number of morpholine rings is 1. The van der Waals surface area contributed by atoms with E-state index in [2.05, 4.69) is 24.4 Å². The maximum absolute atomic E-state index is 12.4. The molecule has 1 unspecified atom stereocenters. The largest absolute Gasteiger partial charge is 0.384 e. The molecule has 3 rings (SSSR count). The molecule has 1 saturated heterocycles. The molecule has 2 aliphatic heterocycles. The van der Waals surface area contributed by atoms with Crippen molar-refractivity contribution in [3.63, 3.8) is 0 Å². The molecule has 1 fully saturated rings. The molecular formula is C15H20N2O2. The molecular weight excluding hydrogens is 240 g/mol. The van der Waals surface area contributed by atoms with Crippen LogP contribution in [0, 0.1) is 0 Å². The molecule has 0 saturated carbocycles. The van der Waals surface area contributed by atoms with Crippen LogP contribution < -0.4 is 5.32 Å². The van der Waals surface area contributed by atoms with Crippen molar-refractivity contribution in [2.45, 2.75) is 25.3 Å². The number of benzene rings is 1. The normalized spacial score (nSPS) is 25.8. The Labute approximate surface area is 113 Å². The summed E-state index contributed by atoms with van der Waals surface area (Å²) in [5, 5.41) is 3.37. The SMILES string of the molecule is C[C@@H]1COCCN1C(=O)CC1CNc2ccccc21. The zero-order valence-corrected chi connectivity index (χ0v) is 11.3. The van der Waals surface area contributed by atoms with Crippen LogP contribution in [0.2, 0.25) is 0 Å². The van der Waals surface area contributed by atoms with E-state index in [0.29, 0.717) is 25.6 Å². The number of carbonyl (C=O) groups is 1. The van der Waals surface area contributed by atoms with Crippen molar-refractivity contribution >= 4 is 11.6 Å². The van der Waals surface area contributed by atoms with Crippen LogP contribution in [0.25, 0.3) is 0 Å². The number of hydrogen-bond acceptors (Lipinski definition) is 3. The number of ether oxygens (including phenoxy) is 1. The van der Waals surface area contributed by atoms with E-state index in [9.17, 15) is 4.79 Å². The monoisotopic (exact) mass is 260 g/mol. The quantitative estimate of drug-likeness (QED) is 0.882. The molecule has 0 aromatic heterocycles. The van der Waals surface area contributed by atoms with Gasteiger partial charge in [0.25, 0.3) is 0 Å². The van der Waals surface area contributed by atoms with E-state index in [4.69, 9.17) is 4.74 Å². The van der Waals surface area contributed by atoms with Gasteiger partial charge in [-0.3, -0.25) is 4.79 Å². The molecule has 2 atom stereocenters. The second kappa shape index (κ2) is 5.21. The minimum Gasteiger partial charge on any atom is -0.384 e. The van der Waals surface area contributed by atoms with E-state index in [1.54, 1.807) is 0 Å². The van der Waals surface area contributed by atoms with E-state index in [0.717, 1.165) is 13.1 Å². The number of nitrogens with one attached hydrogen (secondary N) is 1. The average Bonchev–Trinajstić information content (AvgIpc) is 2.83. The predicted molar refractivity (Wildman–Crippen MR) is 74.3 cm³/mol. The lowest BCUT2D eigenvalue weighted by atomic mass is 9.97. The lowest BCUT2D eigenvalue weighted by Crippen LogP contribution is -2.47. The highest BCUT2D eigenvalue weighted by Crippen LogP contribution is 2.33. The van der Waals surface area contributed by atoms with Gasteiger partial charge in [-0.15, -0.1) is 0 Å². The molecule has 1 aromatic rings. The molecule has 1 aromatic carbocycles. The highest BCUT2D eigenvalue weighted by molar-refractivity contribution is 5.78. The van der Waals surface area contributed by atoms with Gasteiger partial charge in [0, 0.05) is 31.1 Å². The summed E-state index contributed by atoms with van der Waals surface area (Å²) in [7, 11) is 0. The minimum atomic E-state index is 0.200. The summed E-state index contributed by atoms with van der Waals surface area (Å²) in [6.07, 6.45) is 0.592. The van der Waals surface area contributed by atoms with Crippen molar-refractivity contribution in [3.05, 3.63) is 29.8 Å². The molecule has 0 radical (unpaired) electrons. The number of hydrogen-bond donors (Lipinski definition) is 1. The lowest BCUT2D eigenvalue weighted by molar-refractivity contribution is -0.139. The number of nitrogens with zero attached hydrogens (tertiary/aromatic N) is 1. The highest BCUT2D eigenvalue weighted by atomic mass is 16.5. The molecule has 102 valence electrons. The lowest BCUT2D eigenvalue weighted by Gasteiger charge is -2.34. The van der Waals surface area contributed by atoms with Crippen LogP contribution >= 0.6 is 0 Å². The Hall–Kier alpha value is -1.55. The van der Waals surface area contributed by atoms with Gasteiger partial charge >= 0.3 is 0 Å². The van der Waals surface area contributed by atoms with Gasteiger partial charge in [-0.05, 0) is 18.6 Å². The number of rotatable bonds is 2. The third kappa shape index (κ3) is 2.45. The second-order valence-electron chi connectivity index (χ2n) is 5.38. The van der Waals surface area contributed by atoms with Gasteiger partial charge in [0.15, 0.2) is 0 Å². The summed E-state index contributed by atoms with van der Waals surface area (Å²) in [5.41, 5.74) is 2.45. The molecule has 1 N–H and O–H groups in total. The molecule has 1 amide bonds. The van der Waals surface area contributed by atoms with Gasteiger partial charge in [-0.2, -0.15) is 0 Å². The van der Waals surface area contributed by atoms with E-state index >= 15 is 0 Å². The first-order chi connectivity index (χ1) is 9.25. The third-order valence-corrected chi connectivity index (χ3v) is 4.05. The van der Waals surface area contributed by atoms with Crippen molar-refractivity contribution in [2.24, 2.45) is 0 Å². The van der Waals surface area contributed by atoms with Crippen LogP contribution in [-0.2, 0) is 9.53 Å². The summed E-state index contributed by atoms with van der Waals surface area (Å²) in [6, 6.07) is 8.47. The topological polar surface area (TPSA) is 41.6 Å². The van der Waals surface area contributed by atoms with Crippen LogP contribution in [0.3, 0.4) is 0 Å². The predicted octanol–water partition coefficient (Wildman–Crippen LogP) is 1.83. The minimum absolute atomic E-state index is 0.200. The van der Waals surface area contributed by atoms with Gasteiger partial charge in [-0.1, -0.05) is 18.2 Å². The van der Waals surface area contributed by atoms with Gasteiger partial charge in [0.2, 0.25) is 5.91 Å². The summed E-state index contributed by atoms with van der Waals surface area (Å²) < 4.78 is 5.38. The summed E-state index contributed by atoms with van der Waals surface area (Å²) in [6.45, 7) is 4.96. The van der Waals surface area contributed by atoms with E-state index in [-0.39, 0.29) is 11.9 Å². The van der Waals surface area contributed by atoms with Gasteiger partial charge in [0.05, 0.1) is 19.3 Å². The molecule has 19 heavy (non-hydrogen) atoms. The van der Waals surface area contributed by atoms with Gasteiger partial charge < -0.3 is 15.0 Å². The first-order valence-corrected chi connectivity index (χ1v) is 6.95. The number of amides is 1. The van der Waals surface area contributed by atoms with Crippen molar-refractivity contribution < 1.29 is 9.53 Å². The van der Waals surface area contributed by atoms with Crippen molar-refractivity contribution in [3.8, 4) is 0 Å². The van der Waals surface area contributed by atoms with Crippen molar-refractivity contribution in [2.75, 3.05) is 31.6 Å². The van der Waals surface area contributed by atoms with Crippen LogP contribution in [0.4, 0.5) is 5.69 Å². The van der Waals surface area contributed by atoms with E-state index in [1.165, 1.54) is 11.3 Å². The third-order valence-electron chi connectivity index (χ3n) is 4.05. The molecule has 4 nitrogen and oxygen atoms in total. The zero-order chi connectivity index (χ0) is 13.2. The molecule has 2 aliphatic rings. The molecule has 0 spiro atoms. The first kappa shape index (κ1) is 12.5. The van der Waals surface area contributed by atoms with Gasteiger partial charge in [-0.25, -0.2) is 0 Å². The van der Waals surface area contributed by atoms with Crippen LogP contribution in [0.15, 0.2) is 24.3 Å². The van der Waals surface area contributed by atoms with E-state index in [1.807, 2.05) is 17.0 Å². The van der Waals surface area contributed by atoms with Crippen LogP contribution in [0.1, 0.15) is 24.8 Å². The summed E-state index contributed by atoms with van der Waals surface area (Å²) in [4.78, 5) is 14.4. The smallest absolute Gasteiger partial charge is 0.223 e. The summed E-state index contributed by atoms with van der Waals surface area (Å²) >= 11 is 0. The van der Waals surface area contributed by atoms with Crippen LogP contribution in [0.5, 0.6) is 0 Å². The maximum Gasteiger partial charge on any atom is 0.223 e. The Morgan fingerprint density at radius 1 is 1.47 bits per heavy atom. The number of para-hydroxylation sites is 1. The van der Waals surface area contributed by atoms with Crippen molar-refractivity contribution in [1.29, 1.82) is 0 Å². The van der Waals surface area contributed by atoms with Crippen molar-refractivity contribution in [1.82, 2.24) is 4.90 Å². The number of fused-ring (bicyclic) bond motifs is 1. The van der Waals surface area contributed by atoms with Crippen LogP contribution in [-0.4, -0.2) is 43.2 Å². The second-order valence-corrected chi connectivity index (χ2v) is 5.38. The Bertz CT molecular complexity index is 475. The Morgan fingerprint density at radius 3 is 3.16 bits per heavy atom. The highest BCUT2D eigenvalue weighted by Gasteiger charge is 2.29. The standard InChI is InChI=1S/C15H20N2O2/c1-11-10-19-7-6-17(11)15(18)8-12-9-16-14-5-3-2-4-13(12)14/h2-5,11-12,16H,6-10H2,1H3/t11-,12?/m1/s1. The number of anilines is 1. The molecule has 2 heterocycles. The number of carbonyl (C=O) groups excluding carboxylic acids is 1. The molecule has 0 aliphatic carbocycles. The fourth-order valence-electron chi connectivity index (χ4n) is 2.96. The first-order valence-electron chi connectivity index (χ1n) is 6.95. The maximum atomic E-state index is 12.4. The molecule has 0 bridgehead atoms. The Kier molecular flexibility index (Phi) is 3.42.